The molecule has 1 atom stereocenters. The summed E-state index contributed by atoms with van der Waals surface area (Å²) in [5, 5.41) is 3.38. The van der Waals surface area contributed by atoms with Crippen LogP contribution < -0.4 is 5.32 Å². The molecule has 5 heteroatoms. The zero-order valence-corrected chi connectivity index (χ0v) is 10.2. The van der Waals surface area contributed by atoms with Gasteiger partial charge in [-0.1, -0.05) is 11.6 Å². The monoisotopic (exact) mass is 248 g/mol. The summed E-state index contributed by atoms with van der Waals surface area (Å²) in [7, 11) is 0. The molecular weight excluding hydrogens is 236 g/mol. The van der Waals surface area contributed by atoms with Gasteiger partial charge < -0.3 is 5.32 Å². The molecule has 14 heavy (non-hydrogen) atoms. The van der Waals surface area contributed by atoms with Gasteiger partial charge in [0.05, 0.1) is 0 Å². The van der Waals surface area contributed by atoms with Gasteiger partial charge in [-0.2, -0.15) is 11.8 Å². The quantitative estimate of drug-likeness (QED) is 0.887. The summed E-state index contributed by atoms with van der Waals surface area (Å²) >= 11 is 9.33. The van der Waals surface area contributed by atoms with Crippen LogP contribution in [0, 0.1) is 5.92 Å². The van der Waals surface area contributed by atoms with E-state index in [0.717, 1.165) is 11.7 Å². The lowest BCUT2D eigenvalue weighted by Crippen LogP contribution is -2.10. The normalized spacial score (nSPS) is 21.6. The van der Waals surface area contributed by atoms with Gasteiger partial charge in [-0.25, -0.2) is 4.98 Å². The zero-order valence-electron chi connectivity index (χ0n) is 7.83. The molecule has 1 aliphatic rings. The van der Waals surface area contributed by atoms with Crippen molar-refractivity contribution in [1.82, 2.24) is 10.3 Å². The number of nitrogens with one attached hydrogen (secondary N) is 1. The molecule has 1 aliphatic heterocycles. The van der Waals surface area contributed by atoms with Crippen LogP contribution in [0.1, 0.15) is 11.3 Å². The van der Waals surface area contributed by atoms with Gasteiger partial charge in [0.15, 0.2) is 4.47 Å². The van der Waals surface area contributed by atoms with Crippen molar-refractivity contribution in [2.45, 2.75) is 12.2 Å². The molecule has 78 valence electrons. The first-order valence-corrected chi connectivity index (χ1v) is 7.08. The predicted molar refractivity (Wildman–Crippen MR) is 64.3 cm³/mol. The van der Waals surface area contributed by atoms with Crippen LogP contribution in [0.3, 0.4) is 0 Å². The number of halogens is 1. The fraction of sp³-hybridized carbons (Fsp3) is 0.667. The maximum absolute atomic E-state index is 5.75. The lowest BCUT2D eigenvalue weighted by molar-refractivity contribution is 0.662. The summed E-state index contributed by atoms with van der Waals surface area (Å²) in [4.78, 5) is 5.31. The highest BCUT2D eigenvalue weighted by molar-refractivity contribution is 7.98. The van der Waals surface area contributed by atoms with Gasteiger partial charge in [-0.05, 0) is 31.2 Å². The van der Waals surface area contributed by atoms with Crippen molar-refractivity contribution in [3.8, 4) is 0 Å². The fourth-order valence-corrected chi connectivity index (χ4v) is 3.80. The van der Waals surface area contributed by atoms with E-state index in [4.69, 9.17) is 11.6 Å². The van der Waals surface area contributed by atoms with Crippen LogP contribution in [0.5, 0.6) is 0 Å². The molecule has 0 unspecified atom stereocenters. The van der Waals surface area contributed by atoms with Gasteiger partial charge in [0.1, 0.15) is 0 Å². The molecule has 2 nitrogen and oxygen atoms in total. The lowest BCUT2D eigenvalue weighted by atomic mass is 10.2. The number of hydrogen-bond donors (Lipinski definition) is 1. The predicted octanol–water partition coefficient (Wildman–Crippen LogP) is 2.64. The van der Waals surface area contributed by atoms with E-state index in [0.29, 0.717) is 4.47 Å². The van der Waals surface area contributed by atoms with Crippen LogP contribution in [0.15, 0.2) is 6.20 Å². The van der Waals surface area contributed by atoms with E-state index in [1.54, 1.807) is 11.3 Å². The standard InChI is InChI=1S/C9H13ClN2S2/c10-9-12-4-8(14-9)6-13-5-7-1-2-11-3-7/h4,7,11H,1-3,5-6H2/t7-/m1/s1. The number of aromatic nitrogens is 1. The fourth-order valence-electron chi connectivity index (χ4n) is 1.53. The highest BCUT2D eigenvalue weighted by atomic mass is 35.5. The summed E-state index contributed by atoms with van der Waals surface area (Å²) in [5.41, 5.74) is 0. The average Bonchev–Trinajstić information content (AvgIpc) is 2.77. The second-order valence-corrected chi connectivity index (χ2v) is 6.18. The number of rotatable bonds is 4. The minimum Gasteiger partial charge on any atom is -0.316 e. The number of thiazole rings is 1. The van der Waals surface area contributed by atoms with Crippen molar-refractivity contribution < 1.29 is 0 Å². The van der Waals surface area contributed by atoms with Crippen molar-refractivity contribution in [3.63, 3.8) is 0 Å². The smallest absolute Gasteiger partial charge is 0.183 e. The lowest BCUT2D eigenvalue weighted by Gasteiger charge is -2.05. The minimum atomic E-state index is 0.656. The molecule has 0 spiro atoms. The SMILES string of the molecule is Clc1ncc(CSC[C@@H]2CCNC2)s1. The third kappa shape index (κ3) is 3.12. The van der Waals surface area contributed by atoms with E-state index >= 15 is 0 Å². The third-order valence-corrected chi connectivity index (χ3v) is 4.81. The van der Waals surface area contributed by atoms with Gasteiger partial charge in [-0.15, -0.1) is 11.3 Å². The van der Waals surface area contributed by atoms with E-state index in [9.17, 15) is 0 Å². The van der Waals surface area contributed by atoms with Crippen LogP contribution in [-0.2, 0) is 5.75 Å². The minimum absolute atomic E-state index is 0.656. The highest BCUT2D eigenvalue weighted by Gasteiger charge is 2.14. The Labute approximate surface area is 97.5 Å². The van der Waals surface area contributed by atoms with E-state index in [2.05, 4.69) is 10.3 Å². The first-order chi connectivity index (χ1) is 6.84. The second kappa shape index (κ2) is 5.35. The molecule has 0 amide bonds. The Morgan fingerprint density at radius 1 is 1.71 bits per heavy atom. The van der Waals surface area contributed by atoms with Gasteiger partial charge >= 0.3 is 0 Å². The van der Waals surface area contributed by atoms with E-state index in [1.165, 1.54) is 30.1 Å². The van der Waals surface area contributed by atoms with Gasteiger partial charge in [-0.3, -0.25) is 0 Å². The Bertz CT molecular complexity index is 284. The molecule has 0 aliphatic carbocycles. The van der Waals surface area contributed by atoms with Crippen molar-refractivity contribution in [2.24, 2.45) is 5.92 Å². The van der Waals surface area contributed by atoms with Crippen molar-refractivity contribution in [2.75, 3.05) is 18.8 Å². The summed E-state index contributed by atoms with van der Waals surface area (Å²) in [6, 6.07) is 0. The Kier molecular flexibility index (Phi) is 4.10. The number of nitrogens with zero attached hydrogens (tertiary/aromatic N) is 1. The topological polar surface area (TPSA) is 24.9 Å². The van der Waals surface area contributed by atoms with Crippen molar-refractivity contribution in [3.05, 3.63) is 15.5 Å². The van der Waals surface area contributed by atoms with E-state index < -0.39 is 0 Å². The highest BCUT2D eigenvalue weighted by Crippen LogP contribution is 2.24. The van der Waals surface area contributed by atoms with E-state index in [-0.39, 0.29) is 0 Å². The molecule has 1 fully saturated rings. The largest absolute Gasteiger partial charge is 0.316 e. The van der Waals surface area contributed by atoms with Gasteiger partial charge in [0, 0.05) is 16.8 Å². The van der Waals surface area contributed by atoms with Crippen LogP contribution in [0.4, 0.5) is 0 Å². The molecular formula is C9H13ClN2S2. The maximum Gasteiger partial charge on any atom is 0.183 e. The van der Waals surface area contributed by atoms with Crippen LogP contribution in [0.25, 0.3) is 0 Å². The van der Waals surface area contributed by atoms with Crippen molar-refractivity contribution in [1.29, 1.82) is 0 Å². The third-order valence-electron chi connectivity index (χ3n) is 2.29. The van der Waals surface area contributed by atoms with Gasteiger partial charge in [0.2, 0.25) is 0 Å². The Morgan fingerprint density at radius 2 is 2.64 bits per heavy atom. The number of hydrogen-bond acceptors (Lipinski definition) is 4. The zero-order chi connectivity index (χ0) is 9.80. The first kappa shape index (κ1) is 10.7. The summed E-state index contributed by atoms with van der Waals surface area (Å²) < 4.78 is 0.656. The van der Waals surface area contributed by atoms with Crippen LogP contribution in [0.2, 0.25) is 4.47 Å². The molecule has 1 saturated heterocycles. The van der Waals surface area contributed by atoms with E-state index in [1.807, 2.05) is 18.0 Å². The molecule has 1 aromatic heterocycles. The maximum atomic E-state index is 5.75. The number of thioether (sulfide) groups is 1. The molecule has 0 aromatic carbocycles. The van der Waals surface area contributed by atoms with Gasteiger partial charge in [0.25, 0.3) is 0 Å². The Morgan fingerprint density at radius 3 is 3.29 bits per heavy atom. The Balaban J connectivity index is 1.67. The van der Waals surface area contributed by atoms with Crippen LogP contribution in [-0.4, -0.2) is 23.8 Å². The molecule has 2 rings (SSSR count). The molecule has 0 saturated carbocycles. The molecule has 0 bridgehead atoms. The molecule has 1 aromatic rings. The molecule has 1 N–H and O–H groups in total. The molecule has 0 radical (unpaired) electrons. The average molecular weight is 249 g/mol. The van der Waals surface area contributed by atoms with Crippen molar-refractivity contribution >= 4 is 34.7 Å². The van der Waals surface area contributed by atoms with Crippen LogP contribution >= 0.6 is 34.7 Å². The molecule has 2 heterocycles. The Hall–Kier alpha value is 0.230. The second-order valence-electron chi connectivity index (χ2n) is 3.45. The first-order valence-electron chi connectivity index (χ1n) is 4.73. The summed E-state index contributed by atoms with van der Waals surface area (Å²) in [6.45, 7) is 2.38. The summed E-state index contributed by atoms with van der Waals surface area (Å²) in [6.07, 6.45) is 3.21. The summed E-state index contributed by atoms with van der Waals surface area (Å²) in [5.74, 6) is 3.17.